The van der Waals surface area contributed by atoms with Crippen molar-refractivity contribution in [1.82, 2.24) is 0 Å². The average Bonchev–Trinajstić information content (AvgIpc) is 2.53. The molecule has 0 aliphatic heterocycles. The van der Waals surface area contributed by atoms with Gasteiger partial charge in [-0.25, -0.2) is 9.59 Å². The molecule has 0 amide bonds. The Labute approximate surface area is 144 Å². The summed E-state index contributed by atoms with van der Waals surface area (Å²) in [5.74, 6) is -0.183. The minimum absolute atomic E-state index is 0.210. The van der Waals surface area contributed by atoms with Gasteiger partial charge in [0.2, 0.25) is 0 Å². The van der Waals surface area contributed by atoms with Gasteiger partial charge < -0.3 is 13.9 Å². The third-order valence-electron chi connectivity index (χ3n) is 3.99. The molecule has 3 rings (SSSR count). The predicted octanol–water partition coefficient (Wildman–Crippen LogP) is 3.66. The van der Waals surface area contributed by atoms with Gasteiger partial charge in [0.15, 0.2) is 6.61 Å². The molecule has 0 bridgehead atoms. The van der Waals surface area contributed by atoms with Crippen molar-refractivity contribution >= 4 is 28.5 Å². The highest BCUT2D eigenvalue weighted by molar-refractivity contribution is 6.32. The Balaban J connectivity index is 1.93. The Bertz CT molecular complexity index is 837. The summed E-state index contributed by atoms with van der Waals surface area (Å²) < 4.78 is 15.9. The van der Waals surface area contributed by atoms with E-state index in [0.717, 1.165) is 42.2 Å². The molecule has 1 aromatic heterocycles. The fourth-order valence-electron chi connectivity index (χ4n) is 2.99. The zero-order chi connectivity index (χ0) is 17.3. The second-order valence-corrected chi connectivity index (χ2v) is 6.57. The lowest BCUT2D eigenvalue weighted by molar-refractivity contribution is -0.149. The maximum absolute atomic E-state index is 12.1. The standard InChI is InChI=1S/C18H19ClO5/c1-10(2)23-17(20)9-22-16-8-15-13(7-14(16)19)11-5-3-4-6-12(11)18(21)24-15/h7-8,10H,3-6,9H2,1-2H3. The van der Waals surface area contributed by atoms with Crippen LogP contribution >= 0.6 is 11.6 Å². The molecule has 1 heterocycles. The lowest BCUT2D eigenvalue weighted by atomic mass is 9.91. The number of rotatable bonds is 4. The summed E-state index contributed by atoms with van der Waals surface area (Å²) in [6, 6.07) is 3.31. The van der Waals surface area contributed by atoms with Crippen molar-refractivity contribution in [3.05, 3.63) is 38.7 Å². The highest BCUT2D eigenvalue weighted by atomic mass is 35.5. The van der Waals surface area contributed by atoms with Crippen LogP contribution in [0.2, 0.25) is 5.02 Å². The minimum atomic E-state index is -0.479. The maximum atomic E-state index is 12.1. The Morgan fingerprint density at radius 2 is 1.96 bits per heavy atom. The molecule has 0 radical (unpaired) electrons. The van der Waals surface area contributed by atoms with E-state index in [-0.39, 0.29) is 18.3 Å². The van der Waals surface area contributed by atoms with E-state index in [0.29, 0.717) is 16.4 Å². The van der Waals surface area contributed by atoms with E-state index in [1.807, 2.05) is 0 Å². The van der Waals surface area contributed by atoms with Crippen LogP contribution in [0, 0.1) is 0 Å². The van der Waals surface area contributed by atoms with Crippen LogP contribution < -0.4 is 10.4 Å². The van der Waals surface area contributed by atoms with Crippen molar-refractivity contribution in [2.45, 2.75) is 45.6 Å². The number of carbonyl (C=O) groups excluding carboxylic acids is 1. The molecule has 0 unspecified atom stereocenters. The zero-order valence-electron chi connectivity index (χ0n) is 13.7. The first kappa shape index (κ1) is 16.8. The van der Waals surface area contributed by atoms with E-state index < -0.39 is 5.97 Å². The Kier molecular flexibility index (Phi) is 4.81. The maximum Gasteiger partial charge on any atom is 0.344 e. The highest BCUT2D eigenvalue weighted by Crippen LogP contribution is 2.34. The van der Waals surface area contributed by atoms with Gasteiger partial charge in [-0.1, -0.05) is 11.6 Å². The van der Waals surface area contributed by atoms with Crippen LogP contribution in [0.15, 0.2) is 21.3 Å². The van der Waals surface area contributed by atoms with E-state index in [4.69, 9.17) is 25.5 Å². The van der Waals surface area contributed by atoms with Gasteiger partial charge in [-0.2, -0.15) is 0 Å². The number of hydrogen-bond donors (Lipinski definition) is 0. The molecule has 0 saturated carbocycles. The smallest absolute Gasteiger partial charge is 0.344 e. The predicted molar refractivity (Wildman–Crippen MR) is 90.9 cm³/mol. The van der Waals surface area contributed by atoms with Gasteiger partial charge in [0, 0.05) is 17.0 Å². The summed E-state index contributed by atoms with van der Waals surface area (Å²) in [5, 5.41) is 1.22. The van der Waals surface area contributed by atoms with Crippen LogP contribution in [0.25, 0.3) is 11.0 Å². The molecule has 0 spiro atoms. The zero-order valence-corrected chi connectivity index (χ0v) is 14.4. The number of halogens is 1. The summed E-state index contributed by atoms with van der Waals surface area (Å²) in [7, 11) is 0. The molecule has 0 fully saturated rings. The van der Waals surface area contributed by atoms with Crippen LogP contribution in [0.5, 0.6) is 5.75 Å². The van der Waals surface area contributed by atoms with Crippen molar-refractivity contribution < 1.29 is 18.7 Å². The molecule has 0 saturated heterocycles. The average molecular weight is 351 g/mol. The lowest BCUT2D eigenvalue weighted by Crippen LogP contribution is -2.19. The molecular weight excluding hydrogens is 332 g/mol. The Hall–Kier alpha value is -2.01. The molecule has 0 N–H and O–H groups in total. The minimum Gasteiger partial charge on any atom is -0.480 e. The second-order valence-electron chi connectivity index (χ2n) is 6.16. The van der Waals surface area contributed by atoms with Gasteiger partial charge >= 0.3 is 11.6 Å². The molecule has 1 aliphatic carbocycles. The number of benzene rings is 1. The van der Waals surface area contributed by atoms with Crippen molar-refractivity contribution in [3.63, 3.8) is 0 Å². The third-order valence-corrected chi connectivity index (χ3v) is 4.28. The Morgan fingerprint density at radius 3 is 2.67 bits per heavy atom. The molecule has 2 aromatic rings. The van der Waals surface area contributed by atoms with E-state index in [1.165, 1.54) is 0 Å². The van der Waals surface area contributed by atoms with Gasteiger partial charge in [0.25, 0.3) is 0 Å². The largest absolute Gasteiger partial charge is 0.480 e. The normalized spacial score (nSPS) is 13.8. The van der Waals surface area contributed by atoms with Crippen LogP contribution in [0.4, 0.5) is 0 Å². The number of carbonyl (C=O) groups is 1. The van der Waals surface area contributed by atoms with Crippen LogP contribution in [0.1, 0.15) is 37.8 Å². The molecule has 0 atom stereocenters. The molecule has 1 aromatic carbocycles. The fourth-order valence-corrected chi connectivity index (χ4v) is 3.21. The first-order valence-corrected chi connectivity index (χ1v) is 8.44. The second kappa shape index (κ2) is 6.85. The van der Waals surface area contributed by atoms with Crippen LogP contribution in [0.3, 0.4) is 0 Å². The van der Waals surface area contributed by atoms with Gasteiger partial charge in [0.05, 0.1) is 11.1 Å². The topological polar surface area (TPSA) is 65.7 Å². The van der Waals surface area contributed by atoms with Crippen molar-refractivity contribution in [3.8, 4) is 5.75 Å². The first-order valence-electron chi connectivity index (χ1n) is 8.06. The van der Waals surface area contributed by atoms with Gasteiger partial charge in [-0.15, -0.1) is 0 Å². The van der Waals surface area contributed by atoms with E-state index in [2.05, 4.69) is 0 Å². The van der Waals surface area contributed by atoms with E-state index >= 15 is 0 Å². The van der Waals surface area contributed by atoms with Gasteiger partial charge in [-0.3, -0.25) is 0 Å². The van der Waals surface area contributed by atoms with Gasteiger partial charge in [-0.05, 0) is 51.2 Å². The molecule has 128 valence electrons. The fraction of sp³-hybridized carbons (Fsp3) is 0.444. The van der Waals surface area contributed by atoms with Crippen molar-refractivity contribution in [2.24, 2.45) is 0 Å². The van der Waals surface area contributed by atoms with Gasteiger partial charge in [0.1, 0.15) is 11.3 Å². The van der Waals surface area contributed by atoms with Crippen LogP contribution in [-0.4, -0.2) is 18.7 Å². The highest BCUT2D eigenvalue weighted by Gasteiger charge is 2.20. The number of fused-ring (bicyclic) bond motifs is 3. The van der Waals surface area contributed by atoms with Crippen molar-refractivity contribution in [1.29, 1.82) is 0 Å². The monoisotopic (exact) mass is 350 g/mol. The molecular formula is C18H19ClO5. The Morgan fingerprint density at radius 1 is 1.25 bits per heavy atom. The quantitative estimate of drug-likeness (QED) is 0.622. The first-order chi connectivity index (χ1) is 11.5. The van der Waals surface area contributed by atoms with Crippen molar-refractivity contribution in [2.75, 3.05) is 6.61 Å². The summed E-state index contributed by atoms with van der Waals surface area (Å²) in [4.78, 5) is 23.7. The van der Waals surface area contributed by atoms with E-state index in [9.17, 15) is 9.59 Å². The number of esters is 1. The lowest BCUT2D eigenvalue weighted by Gasteiger charge is -2.17. The summed E-state index contributed by atoms with van der Waals surface area (Å²) >= 11 is 6.28. The third kappa shape index (κ3) is 3.41. The number of aryl methyl sites for hydroxylation is 1. The molecule has 24 heavy (non-hydrogen) atoms. The summed E-state index contributed by atoms with van der Waals surface area (Å²) in [6.07, 6.45) is 3.41. The molecule has 5 nitrogen and oxygen atoms in total. The number of ether oxygens (including phenoxy) is 2. The van der Waals surface area contributed by atoms with Crippen LogP contribution in [-0.2, 0) is 22.4 Å². The summed E-state index contributed by atoms with van der Waals surface area (Å²) in [5.41, 5.74) is 1.89. The molecule has 1 aliphatic rings. The SMILES string of the molecule is CC(C)OC(=O)COc1cc2oc(=O)c3c(c2cc1Cl)CCCC3. The molecule has 6 heteroatoms. The van der Waals surface area contributed by atoms with E-state index in [1.54, 1.807) is 26.0 Å². The summed E-state index contributed by atoms with van der Waals surface area (Å²) in [6.45, 7) is 3.27. The number of hydrogen-bond acceptors (Lipinski definition) is 5.